The van der Waals surface area contributed by atoms with Crippen molar-refractivity contribution in [1.82, 2.24) is 20.9 Å². The van der Waals surface area contributed by atoms with E-state index in [2.05, 4.69) is 21.3 Å². The Morgan fingerprint density at radius 3 is 2.36 bits per heavy atom. The number of carbonyl (C=O) groups excluding carboxylic acids is 4. The molecule has 1 aliphatic rings. The summed E-state index contributed by atoms with van der Waals surface area (Å²) < 4.78 is 5.31. The van der Waals surface area contributed by atoms with E-state index < -0.39 is 52.5 Å². The Bertz CT molecular complexity index is 1150. The molecule has 0 aromatic heterocycles. The number of guanidine groups is 1. The molecule has 1 aliphatic heterocycles. The number of ether oxygens (including phenoxy) is 1. The molecule has 2 rings (SSSR count). The van der Waals surface area contributed by atoms with Crippen LogP contribution in [0.4, 0.5) is 16.2 Å². The number of alkyl carbamates (subject to hydrolysis) is 1. The minimum Gasteiger partial charge on any atom is -0.444 e. The molecule has 15 nitrogen and oxygen atoms in total. The van der Waals surface area contributed by atoms with E-state index in [0.29, 0.717) is 31.5 Å². The average molecular weight is 591 g/mol. The van der Waals surface area contributed by atoms with Gasteiger partial charge in [0.15, 0.2) is 5.96 Å². The molecule has 0 aliphatic carbocycles. The summed E-state index contributed by atoms with van der Waals surface area (Å²) in [5.74, 6) is -2.02. The van der Waals surface area contributed by atoms with Crippen LogP contribution < -0.4 is 27.0 Å². The van der Waals surface area contributed by atoms with Gasteiger partial charge in [0.2, 0.25) is 17.7 Å². The summed E-state index contributed by atoms with van der Waals surface area (Å²) in [6, 6.07) is 2.47. The van der Waals surface area contributed by atoms with Crippen molar-refractivity contribution in [2.75, 3.05) is 18.4 Å². The molecular weight excluding hydrogens is 548 g/mol. The number of rotatable bonds is 12. The van der Waals surface area contributed by atoms with Crippen LogP contribution in [0, 0.1) is 21.4 Å². The van der Waals surface area contributed by atoms with Crippen molar-refractivity contribution in [1.29, 1.82) is 5.41 Å². The Morgan fingerprint density at radius 1 is 1.17 bits per heavy atom. The summed E-state index contributed by atoms with van der Waals surface area (Å²) in [5.41, 5.74) is 4.73. The van der Waals surface area contributed by atoms with Crippen molar-refractivity contribution >= 4 is 41.1 Å². The van der Waals surface area contributed by atoms with Crippen molar-refractivity contribution in [3.8, 4) is 0 Å². The number of hydrogen-bond acceptors (Lipinski definition) is 8. The van der Waals surface area contributed by atoms with Crippen LogP contribution in [0.2, 0.25) is 0 Å². The molecule has 0 radical (unpaired) electrons. The van der Waals surface area contributed by atoms with Gasteiger partial charge in [-0.3, -0.25) is 29.9 Å². The van der Waals surface area contributed by atoms with E-state index >= 15 is 0 Å². The van der Waals surface area contributed by atoms with Crippen LogP contribution in [0.1, 0.15) is 60.3 Å². The number of nitrogens with two attached hydrogens (primary N) is 1. The lowest BCUT2D eigenvalue weighted by atomic mass is 10.0. The number of nitrogens with one attached hydrogen (secondary N) is 5. The lowest BCUT2D eigenvalue weighted by Crippen LogP contribution is -2.57. The van der Waals surface area contributed by atoms with Gasteiger partial charge in [-0.2, -0.15) is 0 Å². The van der Waals surface area contributed by atoms with Gasteiger partial charge in [0.25, 0.3) is 5.69 Å². The highest BCUT2D eigenvalue weighted by molar-refractivity contribution is 5.99. The maximum absolute atomic E-state index is 13.5. The molecule has 15 heteroatoms. The average Bonchev–Trinajstić information content (AvgIpc) is 3.38. The topological polar surface area (TPSA) is 222 Å². The number of nitrogens with zero attached hydrogens (tertiary/aromatic N) is 2. The van der Waals surface area contributed by atoms with Gasteiger partial charge in [-0.1, -0.05) is 13.8 Å². The molecule has 232 valence electrons. The predicted molar refractivity (Wildman–Crippen MR) is 156 cm³/mol. The van der Waals surface area contributed by atoms with Crippen molar-refractivity contribution in [3.63, 3.8) is 0 Å². The highest BCUT2D eigenvalue weighted by Crippen LogP contribution is 2.22. The van der Waals surface area contributed by atoms with E-state index in [4.69, 9.17) is 15.9 Å². The second-order valence-corrected chi connectivity index (χ2v) is 11.4. The predicted octanol–water partition coefficient (Wildman–Crippen LogP) is 1.82. The molecule has 1 fully saturated rings. The van der Waals surface area contributed by atoms with Gasteiger partial charge >= 0.3 is 6.09 Å². The quantitative estimate of drug-likeness (QED) is 0.0686. The fraction of sp³-hybridized carbons (Fsp3) is 0.593. The zero-order valence-corrected chi connectivity index (χ0v) is 24.7. The largest absolute Gasteiger partial charge is 0.444 e. The van der Waals surface area contributed by atoms with Gasteiger partial charge in [0, 0.05) is 30.9 Å². The third-order valence-electron chi connectivity index (χ3n) is 6.41. The highest BCUT2D eigenvalue weighted by atomic mass is 16.6. The normalized spacial score (nSPS) is 16.2. The highest BCUT2D eigenvalue weighted by Gasteiger charge is 2.40. The van der Waals surface area contributed by atoms with E-state index in [9.17, 15) is 29.3 Å². The van der Waals surface area contributed by atoms with Crippen LogP contribution in [-0.4, -0.2) is 76.4 Å². The fourth-order valence-electron chi connectivity index (χ4n) is 4.39. The molecule has 3 atom stereocenters. The zero-order chi connectivity index (χ0) is 31.6. The standard InChI is InChI=1S/C27H42N8O7/c1-16(2)21(33-26(39)42-27(3,4)5)24(38)34-15-7-9-20(34)23(37)32-19(8-6-14-30-25(28)29)22(36)31-17-10-12-18(13-11-17)35(40)41/h10-13,16,19-21H,6-9,14-15H2,1-5H3,(H,31,36)(H,32,37)(H,33,39)(H4,28,29,30)/t19-,20-,21-/m0/s1. The number of nitro groups is 1. The third kappa shape index (κ3) is 10.5. The number of likely N-dealkylation sites (tertiary alicyclic amines) is 1. The van der Waals surface area contributed by atoms with Crippen molar-refractivity contribution in [2.45, 2.75) is 84.0 Å². The lowest BCUT2D eigenvalue weighted by molar-refractivity contribution is -0.384. The molecule has 1 aromatic carbocycles. The van der Waals surface area contributed by atoms with Gasteiger partial charge in [0.1, 0.15) is 23.7 Å². The Labute approximate surface area is 244 Å². The Morgan fingerprint density at radius 2 is 1.81 bits per heavy atom. The van der Waals surface area contributed by atoms with Crippen LogP contribution in [-0.2, 0) is 19.1 Å². The number of benzene rings is 1. The second-order valence-electron chi connectivity index (χ2n) is 11.4. The maximum atomic E-state index is 13.5. The Hall–Kier alpha value is -4.43. The minimum absolute atomic E-state index is 0.139. The van der Waals surface area contributed by atoms with Crippen LogP contribution in [0.5, 0.6) is 0 Å². The van der Waals surface area contributed by atoms with Crippen molar-refractivity contribution in [3.05, 3.63) is 34.4 Å². The van der Waals surface area contributed by atoms with Crippen molar-refractivity contribution in [2.24, 2.45) is 11.7 Å². The van der Waals surface area contributed by atoms with E-state index in [1.54, 1.807) is 34.6 Å². The van der Waals surface area contributed by atoms with E-state index in [-0.39, 0.29) is 30.5 Å². The molecule has 1 aromatic rings. The number of amides is 4. The van der Waals surface area contributed by atoms with Gasteiger partial charge in [-0.25, -0.2) is 4.79 Å². The molecule has 0 unspecified atom stereocenters. The summed E-state index contributed by atoms with van der Waals surface area (Å²) in [4.78, 5) is 64.3. The number of anilines is 1. The van der Waals surface area contributed by atoms with Crippen LogP contribution >= 0.6 is 0 Å². The molecule has 0 saturated carbocycles. The molecule has 0 spiro atoms. The summed E-state index contributed by atoms with van der Waals surface area (Å²) in [6.07, 6.45) is 0.749. The zero-order valence-electron chi connectivity index (χ0n) is 24.7. The number of carbonyl (C=O) groups is 4. The first kappa shape index (κ1) is 33.8. The van der Waals surface area contributed by atoms with Gasteiger partial charge < -0.3 is 36.6 Å². The number of non-ortho nitro benzene ring substituents is 1. The Kier molecular flexibility index (Phi) is 12.0. The molecule has 0 bridgehead atoms. The maximum Gasteiger partial charge on any atom is 0.408 e. The van der Waals surface area contributed by atoms with E-state index in [0.717, 1.165) is 0 Å². The van der Waals surface area contributed by atoms with Gasteiger partial charge in [-0.05, 0) is 64.5 Å². The Balaban J connectivity index is 2.16. The minimum atomic E-state index is -1.01. The third-order valence-corrected chi connectivity index (χ3v) is 6.41. The first-order valence-electron chi connectivity index (χ1n) is 13.8. The summed E-state index contributed by atoms with van der Waals surface area (Å²) >= 11 is 0. The van der Waals surface area contributed by atoms with Crippen molar-refractivity contribution < 1.29 is 28.8 Å². The fourth-order valence-corrected chi connectivity index (χ4v) is 4.39. The molecular formula is C27H42N8O7. The SMILES string of the molecule is CC(C)[C@H](NC(=O)OC(C)(C)C)C(=O)N1CCC[C@H]1C(=O)N[C@@H](CCCNC(=N)N)C(=O)Nc1ccc([N+](=O)[O-])cc1. The summed E-state index contributed by atoms with van der Waals surface area (Å²) in [7, 11) is 0. The molecule has 42 heavy (non-hydrogen) atoms. The monoisotopic (exact) mass is 590 g/mol. The van der Waals surface area contributed by atoms with Gasteiger partial charge in [-0.15, -0.1) is 0 Å². The molecule has 1 heterocycles. The summed E-state index contributed by atoms with van der Waals surface area (Å²) in [6.45, 7) is 9.28. The summed E-state index contributed by atoms with van der Waals surface area (Å²) in [5, 5.41) is 28.9. The number of nitro benzene ring substituents is 1. The van der Waals surface area contributed by atoms with Crippen LogP contribution in [0.3, 0.4) is 0 Å². The molecule has 4 amide bonds. The smallest absolute Gasteiger partial charge is 0.408 e. The number of hydrogen-bond donors (Lipinski definition) is 6. The van der Waals surface area contributed by atoms with Crippen LogP contribution in [0.15, 0.2) is 24.3 Å². The van der Waals surface area contributed by atoms with Gasteiger partial charge in [0.05, 0.1) is 4.92 Å². The lowest BCUT2D eigenvalue weighted by Gasteiger charge is -2.31. The first-order valence-corrected chi connectivity index (χ1v) is 13.8. The van der Waals surface area contributed by atoms with E-state index in [1.165, 1.54) is 29.2 Å². The van der Waals surface area contributed by atoms with E-state index in [1.807, 2.05) is 0 Å². The van der Waals surface area contributed by atoms with Crippen LogP contribution in [0.25, 0.3) is 0 Å². The first-order chi connectivity index (χ1) is 19.6. The molecule has 7 N–H and O–H groups in total. The molecule has 1 saturated heterocycles. The second kappa shape index (κ2) is 15.0.